The van der Waals surface area contributed by atoms with Gasteiger partial charge in [-0.25, -0.2) is 13.4 Å². The van der Waals surface area contributed by atoms with Crippen molar-refractivity contribution in [1.29, 1.82) is 0 Å². The van der Waals surface area contributed by atoms with Crippen LogP contribution >= 0.6 is 0 Å². The number of rotatable bonds is 5. The summed E-state index contributed by atoms with van der Waals surface area (Å²) in [6, 6.07) is 28.1. The standard InChI is InChI=1S/C25H21NO3S/c27-30(28,21-15-8-3-9-16-21)25(17-10-18-25)24-26-22(19-11-4-1-5-12-19)23(29-24)20-13-6-2-7-14-20/h1-9,11-16H,10,17-18H2. The molecular weight excluding hydrogens is 394 g/mol. The Morgan fingerprint density at radius 3 is 1.80 bits per heavy atom. The van der Waals surface area contributed by atoms with Crippen molar-refractivity contribution in [2.45, 2.75) is 28.9 Å². The molecule has 0 bridgehead atoms. The second-order valence-corrected chi connectivity index (χ2v) is 9.85. The Kier molecular flexibility index (Phi) is 4.55. The van der Waals surface area contributed by atoms with E-state index in [1.807, 2.05) is 66.7 Å². The molecule has 1 aliphatic carbocycles. The van der Waals surface area contributed by atoms with Crippen molar-refractivity contribution in [3.8, 4) is 22.6 Å². The molecule has 5 rings (SSSR count). The Bertz CT molecular complexity index is 1200. The van der Waals surface area contributed by atoms with Gasteiger partial charge >= 0.3 is 0 Å². The molecule has 4 aromatic rings. The van der Waals surface area contributed by atoms with Crippen LogP contribution in [-0.2, 0) is 14.6 Å². The van der Waals surface area contributed by atoms with Crippen LogP contribution in [0, 0.1) is 0 Å². The Morgan fingerprint density at radius 1 is 0.733 bits per heavy atom. The van der Waals surface area contributed by atoms with Gasteiger partial charge in [0.05, 0.1) is 4.90 Å². The van der Waals surface area contributed by atoms with E-state index in [-0.39, 0.29) is 5.89 Å². The third-order valence-electron chi connectivity index (χ3n) is 5.83. The Hall–Kier alpha value is -3.18. The summed E-state index contributed by atoms with van der Waals surface area (Å²) in [6.07, 6.45) is 1.84. The molecule has 150 valence electrons. The highest BCUT2D eigenvalue weighted by molar-refractivity contribution is 7.92. The first-order chi connectivity index (χ1) is 14.6. The minimum Gasteiger partial charge on any atom is -0.438 e. The molecule has 0 N–H and O–H groups in total. The molecule has 1 saturated carbocycles. The molecule has 0 saturated heterocycles. The van der Waals surface area contributed by atoms with E-state index < -0.39 is 14.6 Å². The predicted octanol–water partition coefficient (Wildman–Crippen LogP) is 5.86. The topological polar surface area (TPSA) is 60.2 Å². The molecule has 0 unspecified atom stereocenters. The molecule has 0 spiro atoms. The molecule has 0 aliphatic heterocycles. The van der Waals surface area contributed by atoms with Crippen molar-refractivity contribution in [3.05, 3.63) is 96.9 Å². The Morgan fingerprint density at radius 2 is 1.27 bits per heavy atom. The maximum Gasteiger partial charge on any atom is 0.217 e. The zero-order valence-electron chi connectivity index (χ0n) is 16.4. The summed E-state index contributed by atoms with van der Waals surface area (Å²) >= 11 is 0. The lowest BCUT2D eigenvalue weighted by molar-refractivity contribution is 0.281. The van der Waals surface area contributed by atoms with Gasteiger partial charge in [-0.15, -0.1) is 0 Å². The van der Waals surface area contributed by atoms with Crippen molar-refractivity contribution in [1.82, 2.24) is 4.98 Å². The molecule has 0 amide bonds. The summed E-state index contributed by atoms with van der Waals surface area (Å²) in [6.45, 7) is 0. The Balaban J connectivity index is 1.71. The first kappa shape index (κ1) is 18.8. The van der Waals surface area contributed by atoms with E-state index >= 15 is 0 Å². The SMILES string of the molecule is O=S(=O)(c1ccccc1)C1(c2nc(-c3ccccc3)c(-c3ccccc3)o2)CCC1. The lowest BCUT2D eigenvalue weighted by Gasteiger charge is -2.38. The fraction of sp³-hybridized carbons (Fsp3) is 0.160. The molecule has 0 radical (unpaired) electrons. The van der Waals surface area contributed by atoms with Crippen LogP contribution in [0.15, 0.2) is 100 Å². The van der Waals surface area contributed by atoms with Crippen LogP contribution < -0.4 is 0 Å². The van der Waals surface area contributed by atoms with Crippen LogP contribution in [0.4, 0.5) is 0 Å². The van der Waals surface area contributed by atoms with Crippen LogP contribution in [0.5, 0.6) is 0 Å². The van der Waals surface area contributed by atoms with Crippen molar-refractivity contribution in [2.24, 2.45) is 0 Å². The van der Waals surface area contributed by atoms with E-state index in [9.17, 15) is 8.42 Å². The average Bonchev–Trinajstić information content (AvgIpc) is 3.20. The fourth-order valence-corrected chi connectivity index (χ4v) is 6.12. The van der Waals surface area contributed by atoms with Crippen molar-refractivity contribution < 1.29 is 12.8 Å². The van der Waals surface area contributed by atoms with Gasteiger partial charge in [-0.05, 0) is 31.4 Å². The number of nitrogens with zero attached hydrogens (tertiary/aromatic N) is 1. The third-order valence-corrected chi connectivity index (χ3v) is 8.33. The monoisotopic (exact) mass is 415 g/mol. The minimum absolute atomic E-state index is 0.287. The number of sulfone groups is 1. The predicted molar refractivity (Wildman–Crippen MR) is 117 cm³/mol. The number of hydrogen-bond acceptors (Lipinski definition) is 4. The van der Waals surface area contributed by atoms with E-state index in [4.69, 9.17) is 9.40 Å². The van der Waals surface area contributed by atoms with Crippen molar-refractivity contribution in [2.75, 3.05) is 0 Å². The number of oxazole rings is 1. The molecule has 0 atom stereocenters. The summed E-state index contributed by atoms with van der Waals surface area (Å²) in [5.74, 6) is 0.890. The summed E-state index contributed by atoms with van der Waals surface area (Å²) in [7, 11) is -3.64. The number of hydrogen-bond donors (Lipinski definition) is 0. The smallest absolute Gasteiger partial charge is 0.217 e. The maximum atomic E-state index is 13.6. The summed E-state index contributed by atoms with van der Waals surface area (Å²) < 4.78 is 32.4. The van der Waals surface area contributed by atoms with E-state index in [0.29, 0.717) is 29.2 Å². The van der Waals surface area contributed by atoms with Crippen molar-refractivity contribution in [3.63, 3.8) is 0 Å². The normalized spacial score (nSPS) is 15.5. The van der Waals surface area contributed by atoms with Gasteiger partial charge in [0, 0.05) is 11.1 Å². The van der Waals surface area contributed by atoms with Gasteiger partial charge in [0.1, 0.15) is 5.69 Å². The van der Waals surface area contributed by atoms with Gasteiger partial charge in [-0.2, -0.15) is 0 Å². The van der Waals surface area contributed by atoms with Gasteiger partial charge in [-0.1, -0.05) is 78.9 Å². The fourth-order valence-electron chi connectivity index (χ4n) is 4.01. The number of benzene rings is 3. The highest BCUT2D eigenvalue weighted by Crippen LogP contribution is 2.52. The summed E-state index contributed by atoms with van der Waals surface area (Å²) in [4.78, 5) is 5.11. The largest absolute Gasteiger partial charge is 0.438 e. The van der Waals surface area contributed by atoms with Crippen LogP contribution in [0.2, 0.25) is 0 Å². The van der Waals surface area contributed by atoms with E-state index in [0.717, 1.165) is 17.5 Å². The zero-order valence-corrected chi connectivity index (χ0v) is 17.2. The molecule has 3 aromatic carbocycles. The number of aromatic nitrogens is 1. The molecule has 1 aromatic heterocycles. The second kappa shape index (κ2) is 7.26. The molecular formula is C25H21NO3S. The van der Waals surface area contributed by atoms with Crippen LogP contribution in [0.3, 0.4) is 0 Å². The average molecular weight is 416 g/mol. The van der Waals surface area contributed by atoms with Gasteiger partial charge in [-0.3, -0.25) is 0 Å². The first-order valence-corrected chi connectivity index (χ1v) is 11.5. The van der Waals surface area contributed by atoms with Crippen LogP contribution in [0.1, 0.15) is 25.2 Å². The second-order valence-electron chi connectivity index (χ2n) is 7.59. The molecule has 1 fully saturated rings. The highest BCUT2D eigenvalue weighted by atomic mass is 32.2. The molecule has 1 heterocycles. The van der Waals surface area contributed by atoms with Crippen LogP contribution in [-0.4, -0.2) is 13.4 Å². The minimum atomic E-state index is -3.64. The molecule has 30 heavy (non-hydrogen) atoms. The molecule has 1 aliphatic rings. The lowest BCUT2D eigenvalue weighted by Crippen LogP contribution is -2.42. The van der Waals surface area contributed by atoms with E-state index in [2.05, 4.69) is 0 Å². The van der Waals surface area contributed by atoms with Crippen LogP contribution in [0.25, 0.3) is 22.6 Å². The highest BCUT2D eigenvalue weighted by Gasteiger charge is 2.55. The lowest BCUT2D eigenvalue weighted by atomic mass is 9.84. The quantitative estimate of drug-likeness (QED) is 0.409. The third kappa shape index (κ3) is 2.89. The first-order valence-electron chi connectivity index (χ1n) is 10.0. The van der Waals surface area contributed by atoms with Gasteiger partial charge in [0.2, 0.25) is 5.89 Å². The molecule has 4 nitrogen and oxygen atoms in total. The van der Waals surface area contributed by atoms with E-state index in [1.54, 1.807) is 24.3 Å². The van der Waals surface area contributed by atoms with Gasteiger partial charge < -0.3 is 4.42 Å². The van der Waals surface area contributed by atoms with Gasteiger partial charge in [0.25, 0.3) is 0 Å². The summed E-state index contributed by atoms with van der Waals surface area (Å²) in [5.41, 5.74) is 2.45. The van der Waals surface area contributed by atoms with Gasteiger partial charge in [0.15, 0.2) is 20.3 Å². The Labute approximate surface area is 176 Å². The summed E-state index contributed by atoms with van der Waals surface area (Å²) in [5, 5.41) is 0. The maximum absolute atomic E-state index is 13.6. The van der Waals surface area contributed by atoms with Crippen molar-refractivity contribution >= 4 is 9.84 Å². The zero-order chi connectivity index (χ0) is 20.6. The molecule has 5 heteroatoms. The van der Waals surface area contributed by atoms with E-state index in [1.165, 1.54) is 0 Å².